The molecule has 0 fully saturated rings. The zero-order valence-corrected chi connectivity index (χ0v) is 9.23. The highest BCUT2D eigenvalue weighted by atomic mass is 16.5. The minimum Gasteiger partial charge on any atom is -0.374 e. The van der Waals surface area contributed by atoms with Crippen molar-refractivity contribution in [1.82, 2.24) is 10.1 Å². The summed E-state index contributed by atoms with van der Waals surface area (Å²) in [6.45, 7) is 3.83. The summed E-state index contributed by atoms with van der Waals surface area (Å²) in [4.78, 5) is 4.19. The van der Waals surface area contributed by atoms with E-state index in [2.05, 4.69) is 16.2 Å². The number of nitriles is 1. The molecule has 2 unspecified atom stereocenters. The Bertz CT molecular complexity index is 343. The van der Waals surface area contributed by atoms with E-state index in [0.717, 1.165) is 0 Å². The molecule has 0 radical (unpaired) electrons. The van der Waals surface area contributed by atoms with Gasteiger partial charge in [0.2, 0.25) is 5.89 Å². The Labute approximate surface area is 89.0 Å². The van der Waals surface area contributed by atoms with E-state index in [-0.39, 0.29) is 12.0 Å². The molecule has 0 aliphatic rings. The second kappa shape index (κ2) is 5.47. The van der Waals surface area contributed by atoms with Crippen LogP contribution in [0.2, 0.25) is 0 Å². The first-order valence-corrected chi connectivity index (χ1v) is 4.89. The average Bonchev–Trinajstić information content (AvgIpc) is 2.65. The van der Waals surface area contributed by atoms with Crippen LogP contribution < -0.4 is 0 Å². The average molecular weight is 209 g/mol. The number of ether oxygens (including phenoxy) is 1. The Morgan fingerprint density at radius 1 is 1.53 bits per heavy atom. The highest BCUT2D eigenvalue weighted by Crippen LogP contribution is 2.14. The predicted octanol–water partition coefficient (Wildman–Crippen LogP) is 1.87. The van der Waals surface area contributed by atoms with Crippen molar-refractivity contribution in [3.05, 3.63) is 11.7 Å². The Kier molecular flexibility index (Phi) is 4.25. The van der Waals surface area contributed by atoms with Crippen LogP contribution in [-0.2, 0) is 11.2 Å². The van der Waals surface area contributed by atoms with Gasteiger partial charge in [-0.3, -0.25) is 0 Å². The molecule has 0 spiro atoms. The summed E-state index contributed by atoms with van der Waals surface area (Å²) in [5.41, 5.74) is 0. The van der Waals surface area contributed by atoms with Crippen molar-refractivity contribution >= 4 is 0 Å². The minimum atomic E-state index is -0.159. The molecule has 5 nitrogen and oxygen atoms in total. The number of aromatic nitrogens is 2. The lowest BCUT2D eigenvalue weighted by atomic mass is 10.1. The third-order valence-electron chi connectivity index (χ3n) is 2.16. The Balaban J connectivity index is 2.57. The monoisotopic (exact) mass is 209 g/mol. The molecule has 0 aromatic carbocycles. The standard InChI is InChI=1S/C10H15N3O2/c1-7(4-5-11)6-9-12-10(13-15-9)8(2)14-3/h7-8H,4,6H2,1-3H3. The van der Waals surface area contributed by atoms with Gasteiger partial charge in [0.25, 0.3) is 0 Å². The van der Waals surface area contributed by atoms with Gasteiger partial charge in [0.1, 0.15) is 6.10 Å². The maximum atomic E-state index is 8.51. The molecular formula is C10H15N3O2. The molecule has 0 aliphatic carbocycles. The van der Waals surface area contributed by atoms with Gasteiger partial charge in [0.05, 0.1) is 6.07 Å². The van der Waals surface area contributed by atoms with Crippen LogP contribution in [0.5, 0.6) is 0 Å². The van der Waals surface area contributed by atoms with Crippen molar-refractivity contribution in [1.29, 1.82) is 5.26 Å². The zero-order valence-electron chi connectivity index (χ0n) is 9.23. The van der Waals surface area contributed by atoms with Crippen LogP contribution in [0.1, 0.15) is 38.1 Å². The van der Waals surface area contributed by atoms with E-state index >= 15 is 0 Å². The summed E-state index contributed by atoms with van der Waals surface area (Å²) in [7, 11) is 1.60. The number of nitrogens with zero attached hydrogens (tertiary/aromatic N) is 3. The molecule has 15 heavy (non-hydrogen) atoms. The van der Waals surface area contributed by atoms with E-state index < -0.39 is 0 Å². The van der Waals surface area contributed by atoms with Crippen LogP contribution in [0, 0.1) is 17.2 Å². The van der Waals surface area contributed by atoms with Crippen molar-refractivity contribution in [3.8, 4) is 6.07 Å². The molecule has 0 bridgehead atoms. The first-order valence-electron chi connectivity index (χ1n) is 4.89. The highest BCUT2D eigenvalue weighted by molar-refractivity contribution is 4.91. The Morgan fingerprint density at radius 3 is 2.87 bits per heavy atom. The van der Waals surface area contributed by atoms with Crippen molar-refractivity contribution in [3.63, 3.8) is 0 Å². The van der Waals surface area contributed by atoms with Gasteiger partial charge in [0, 0.05) is 20.0 Å². The highest BCUT2D eigenvalue weighted by Gasteiger charge is 2.14. The van der Waals surface area contributed by atoms with Gasteiger partial charge in [0.15, 0.2) is 5.82 Å². The quantitative estimate of drug-likeness (QED) is 0.740. The second-order valence-electron chi connectivity index (χ2n) is 3.60. The number of hydrogen-bond donors (Lipinski definition) is 0. The molecule has 2 atom stereocenters. The van der Waals surface area contributed by atoms with Crippen molar-refractivity contribution < 1.29 is 9.26 Å². The predicted molar refractivity (Wildman–Crippen MR) is 52.8 cm³/mol. The summed E-state index contributed by atoms with van der Waals surface area (Å²) < 4.78 is 10.1. The molecule has 0 saturated carbocycles. The molecule has 82 valence electrons. The van der Waals surface area contributed by atoms with Gasteiger partial charge in [-0.05, 0) is 12.8 Å². The lowest BCUT2D eigenvalue weighted by Gasteiger charge is -2.02. The summed E-state index contributed by atoms with van der Waals surface area (Å²) in [6.07, 6.45) is 0.975. The minimum absolute atomic E-state index is 0.159. The molecule has 1 aromatic rings. The van der Waals surface area contributed by atoms with E-state index in [9.17, 15) is 0 Å². The fraction of sp³-hybridized carbons (Fsp3) is 0.700. The largest absolute Gasteiger partial charge is 0.374 e. The number of methoxy groups -OCH3 is 1. The van der Waals surface area contributed by atoms with Gasteiger partial charge < -0.3 is 9.26 Å². The molecule has 0 saturated heterocycles. The molecule has 0 amide bonds. The smallest absolute Gasteiger partial charge is 0.227 e. The molecular weight excluding hydrogens is 194 g/mol. The Hall–Kier alpha value is -1.41. The topological polar surface area (TPSA) is 71.9 Å². The van der Waals surface area contributed by atoms with E-state index in [1.165, 1.54) is 0 Å². The van der Waals surface area contributed by atoms with E-state index in [1.54, 1.807) is 7.11 Å². The van der Waals surface area contributed by atoms with Crippen molar-refractivity contribution in [2.75, 3.05) is 7.11 Å². The maximum absolute atomic E-state index is 8.51. The number of rotatable bonds is 5. The maximum Gasteiger partial charge on any atom is 0.227 e. The van der Waals surface area contributed by atoms with E-state index in [4.69, 9.17) is 14.5 Å². The SMILES string of the molecule is COC(C)c1noc(CC(C)CC#N)n1. The fourth-order valence-corrected chi connectivity index (χ4v) is 1.15. The summed E-state index contributed by atoms with van der Waals surface area (Å²) in [5.74, 6) is 1.36. The van der Waals surface area contributed by atoms with Crippen molar-refractivity contribution in [2.45, 2.75) is 32.8 Å². The molecule has 0 N–H and O–H groups in total. The summed E-state index contributed by atoms with van der Waals surface area (Å²) in [5, 5.41) is 12.3. The van der Waals surface area contributed by atoms with Crippen molar-refractivity contribution in [2.24, 2.45) is 5.92 Å². The van der Waals surface area contributed by atoms with Gasteiger partial charge in [-0.15, -0.1) is 0 Å². The summed E-state index contributed by atoms with van der Waals surface area (Å²) >= 11 is 0. The number of hydrogen-bond acceptors (Lipinski definition) is 5. The van der Waals surface area contributed by atoms with Gasteiger partial charge in [-0.2, -0.15) is 10.2 Å². The van der Waals surface area contributed by atoms with Gasteiger partial charge in [-0.25, -0.2) is 0 Å². The lowest BCUT2D eigenvalue weighted by molar-refractivity contribution is 0.109. The molecule has 0 aliphatic heterocycles. The molecule has 5 heteroatoms. The Morgan fingerprint density at radius 2 is 2.27 bits per heavy atom. The van der Waals surface area contributed by atoms with Gasteiger partial charge >= 0.3 is 0 Å². The second-order valence-corrected chi connectivity index (χ2v) is 3.60. The van der Waals surface area contributed by atoms with Crippen LogP contribution in [0.3, 0.4) is 0 Å². The third-order valence-corrected chi connectivity index (χ3v) is 2.16. The van der Waals surface area contributed by atoms with Crippen LogP contribution in [-0.4, -0.2) is 17.3 Å². The summed E-state index contributed by atoms with van der Waals surface area (Å²) in [6, 6.07) is 2.11. The normalized spacial score (nSPS) is 14.5. The van der Waals surface area contributed by atoms with Crippen LogP contribution >= 0.6 is 0 Å². The molecule has 1 heterocycles. The first-order chi connectivity index (χ1) is 7.17. The first kappa shape index (κ1) is 11.7. The van der Waals surface area contributed by atoms with Crippen LogP contribution in [0.15, 0.2) is 4.52 Å². The van der Waals surface area contributed by atoms with Crippen LogP contribution in [0.4, 0.5) is 0 Å². The lowest BCUT2D eigenvalue weighted by Crippen LogP contribution is -2.01. The molecule has 1 aromatic heterocycles. The van der Waals surface area contributed by atoms with E-state index in [1.807, 2.05) is 13.8 Å². The fourth-order valence-electron chi connectivity index (χ4n) is 1.15. The zero-order chi connectivity index (χ0) is 11.3. The van der Waals surface area contributed by atoms with Crippen LogP contribution in [0.25, 0.3) is 0 Å². The van der Waals surface area contributed by atoms with Gasteiger partial charge in [-0.1, -0.05) is 12.1 Å². The molecule has 1 rings (SSSR count). The third kappa shape index (κ3) is 3.33. The van der Waals surface area contributed by atoms with E-state index in [0.29, 0.717) is 24.6 Å².